The molecule has 0 bridgehead atoms. The molecule has 108 valence electrons. The van der Waals surface area contributed by atoms with E-state index in [0.717, 1.165) is 45.3 Å². The van der Waals surface area contributed by atoms with Gasteiger partial charge < -0.3 is 15.0 Å². The second-order valence-electron chi connectivity index (χ2n) is 4.55. The number of ether oxygens (including phenoxy) is 1. The summed E-state index contributed by atoms with van der Waals surface area (Å²) in [5.41, 5.74) is 5.46. The van der Waals surface area contributed by atoms with E-state index in [0.29, 0.717) is 26.0 Å². The highest BCUT2D eigenvalue weighted by Gasteiger charge is 2.31. The second-order valence-corrected chi connectivity index (χ2v) is 7.09. The van der Waals surface area contributed by atoms with Crippen molar-refractivity contribution in [1.29, 1.82) is 0 Å². The molecule has 1 atom stereocenters. The molecule has 0 aliphatic carbocycles. The van der Waals surface area contributed by atoms with E-state index in [1.54, 1.807) is 0 Å². The van der Waals surface area contributed by atoms with Crippen molar-refractivity contribution >= 4 is 7.52 Å². The zero-order valence-electron chi connectivity index (χ0n) is 11.5. The summed E-state index contributed by atoms with van der Waals surface area (Å²) in [4.78, 5) is 0. The minimum atomic E-state index is -2.62. The molecular weight excluding hydrogens is 251 g/mol. The summed E-state index contributed by atoms with van der Waals surface area (Å²) in [7, 11) is -2.62. The van der Waals surface area contributed by atoms with Gasteiger partial charge >= 0.3 is 0 Å². The van der Waals surface area contributed by atoms with Gasteiger partial charge in [-0.25, -0.2) is 4.67 Å². The van der Waals surface area contributed by atoms with Crippen LogP contribution < -0.4 is 5.73 Å². The lowest BCUT2D eigenvalue weighted by Crippen LogP contribution is -2.35. The first-order valence-electron chi connectivity index (χ1n) is 7.00. The van der Waals surface area contributed by atoms with Gasteiger partial charge in [-0.2, -0.15) is 0 Å². The Morgan fingerprint density at radius 3 is 2.50 bits per heavy atom. The van der Waals surface area contributed by atoms with Gasteiger partial charge in [0.05, 0.1) is 19.8 Å². The molecular formula is C12H27N2O3P. The lowest BCUT2D eigenvalue weighted by molar-refractivity contribution is 0.0649. The minimum Gasteiger partial charge on any atom is -0.379 e. The van der Waals surface area contributed by atoms with Gasteiger partial charge in [0.2, 0.25) is 0 Å². The average Bonchev–Trinajstić information content (AvgIpc) is 2.40. The van der Waals surface area contributed by atoms with Crippen molar-refractivity contribution in [3.8, 4) is 0 Å². The molecule has 1 aliphatic heterocycles. The molecule has 18 heavy (non-hydrogen) atoms. The summed E-state index contributed by atoms with van der Waals surface area (Å²) < 4.78 is 25.7. The molecule has 1 fully saturated rings. The molecule has 5 nitrogen and oxygen atoms in total. The van der Waals surface area contributed by atoms with Crippen LogP contribution >= 0.6 is 7.52 Å². The number of nitrogens with two attached hydrogens (primary N) is 1. The minimum absolute atomic E-state index is 0.511. The van der Waals surface area contributed by atoms with Gasteiger partial charge in [-0.05, 0) is 26.3 Å². The Kier molecular flexibility index (Phi) is 8.11. The van der Waals surface area contributed by atoms with Crippen molar-refractivity contribution < 1.29 is 13.8 Å². The lowest BCUT2D eigenvalue weighted by Gasteiger charge is -2.33. The zero-order valence-corrected chi connectivity index (χ0v) is 12.4. The molecule has 0 radical (unpaired) electrons. The van der Waals surface area contributed by atoms with Crippen LogP contribution in [0.4, 0.5) is 0 Å². The second kappa shape index (κ2) is 9.05. The number of nitrogens with zero attached hydrogens (tertiary/aromatic N) is 1. The Balaban J connectivity index is 2.38. The van der Waals surface area contributed by atoms with Crippen molar-refractivity contribution in [2.24, 2.45) is 5.73 Å². The highest BCUT2D eigenvalue weighted by molar-refractivity contribution is 7.56. The van der Waals surface area contributed by atoms with Crippen LogP contribution in [0.15, 0.2) is 0 Å². The monoisotopic (exact) mass is 278 g/mol. The first kappa shape index (κ1) is 16.1. The van der Waals surface area contributed by atoms with Gasteiger partial charge in [0, 0.05) is 19.3 Å². The Morgan fingerprint density at radius 1 is 1.22 bits per heavy atom. The average molecular weight is 278 g/mol. The number of hydrogen-bond acceptors (Lipinski definition) is 4. The standard InChI is InChI=1S/C12H27N2O3P/c1-2-17-18(15,12-6-4-3-5-7-13)14-8-10-16-11-9-14/h2-13H2,1H3. The molecule has 0 aromatic carbocycles. The van der Waals surface area contributed by atoms with Gasteiger partial charge in [-0.15, -0.1) is 0 Å². The zero-order chi connectivity index (χ0) is 13.3. The molecule has 6 heteroatoms. The van der Waals surface area contributed by atoms with Crippen molar-refractivity contribution in [3.05, 3.63) is 0 Å². The van der Waals surface area contributed by atoms with E-state index in [2.05, 4.69) is 0 Å². The van der Waals surface area contributed by atoms with E-state index in [4.69, 9.17) is 15.0 Å². The van der Waals surface area contributed by atoms with Crippen LogP contribution in [0.5, 0.6) is 0 Å². The highest BCUT2D eigenvalue weighted by Crippen LogP contribution is 2.51. The van der Waals surface area contributed by atoms with Crippen LogP contribution in [0.25, 0.3) is 0 Å². The quantitative estimate of drug-likeness (QED) is 0.516. The van der Waals surface area contributed by atoms with Crippen LogP contribution in [-0.2, 0) is 13.8 Å². The summed E-state index contributed by atoms with van der Waals surface area (Å²) >= 11 is 0. The topological polar surface area (TPSA) is 64.8 Å². The number of hydrogen-bond donors (Lipinski definition) is 1. The fourth-order valence-corrected chi connectivity index (χ4v) is 4.53. The summed E-state index contributed by atoms with van der Waals surface area (Å²) in [5, 5.41) is 0. The van der Waals surface area contributed by atoms with Crippen molar-refractivity contribution in [1.82, 2.24) is 4.67 Å². The fraction of sp³-hybridized carbons (Fsp3) is 1.00. The normalized spacial score (nSPS) is 20.8. The van der Waals surface area contributed by atoms with E-state index >= 15 is 0 Å². The molecule has 0 amide bonds. The van der Waals surface area contributed by atoms with E-state index in [-0.39, 0.29) is 0 Å². The Labute approximate surface area is 111 Å². The van der Waals surface area contributed by atoms with Gasteiger partial charge in [-0.1, -0.05) is 12.8 Å². The third kappa shape index (κ3) is 5.37. The Bertz CT molecular complexity index is 258. The molecule has 2 N–H and O–H groups in total. The van der Waals surface area contributed by atoms with Crippen LogP contribution in [0.2, 0.25) is 0 Å². The SMILES string of the molecule is CCOP(=O)(CCCCCCN)N1CCOCC1. The first-order valence-corrected chi connectivity index (χ1v) is 8.76. The first-order chi connectivity index (χ1) is 8.73. The lowest BCUT2D eigenvalue weighted by atomic mass is 10.2. The third-order valence-corrected chi connectivity index (χ3v) is 5.95. The van der Waals surface area contributed by atoms with Crippen LogP contribution in [-0.4, -0.2) is 50.3 Å². The molecule has 1 heterocycles. The summed E-state index contributed by atoms with van der Waals surface area (Å²) in [6, 6.07) is 0. The molecule has 0 aromatic heterocycles. The molecule has 1 saturated heterocycles. The highest BCUT2D eigenvalue weighted by atomic mass is 31.2. The molecule has 1 rings (SSSR count). The molecule has 1 aliphatic rings. The number of unbranched alkanes of at least 4 members (excludes halogenated alkanes) is 3. The predicted molar refractivity (Wildman–Crippen MR) is 74.0 cm³/mol. The molecule has 1 unspecified atom stereocenters. The fourth-order valence-electron chi connectivity index (χ4n) is 2.16. The summed E-state index contributed by atoms with van der Waals surface area (Å²) in [6.45, 7) is 5.92. The third-order valence-electron chi connectivity index (χ3n) is 3.14. The maximum Gasteiger partial charge on any atom is 0.272 e. The largest absolute Gasteiger partial charge is 0.379 e. The van der Waals surface area contributed by atoms with Gasteiger partial charge in [0.1, 0.15) is 0 Å². The van der Waals surface area contributed by atoms with E-state index in [9.17, 15) is 4.57 Å². The maximum absolute atomic E-state index is 12.8. The van der Waals surface area contributed by atoms with Crippen LogP contribution in [0, 0.1) is 0 Å². The van der Waals surface area contributed by atoms with E-state index in [1.807, 2.05) is 11.6 Å². The summed E-state index contributed by atoms with van der Waals surface area (Å²) in [6.07, 6.45) is 4.86. The predicted octanol–water partition coefficient (Wildman–Crippen LogP) is 2.07. The summed E-state index contributed by atoms with van der Waals surface area (Å²) in [5.74, 6) is 0. The Morgan fingerprint density at radius 2 is 1.89 bits per heavy atom. The van der Waals surface area contributed by atoms with Crippen LogP contribution in [0.3, 0.4) is 0 Å². The smallest absolute Gasteiger partial charge is 0.272 e. The van der Waals surface area contributed by atoms with E-state index in [1.165, 1.54) is 0 Å². The van der Waals surface area contributed by atoms with Crippen LogP contribution in [0.1, 0.15) is 32.6 Å². The van der Waals surface area contributed by atoms with E-state index < -0.39 is 7.52 Å². The van der Waals surface area contributed by atoms with Gasteiger partial charge in [0.15, 0.2) is 0 Å². The molecule has 0 spiro atoms. The number of rotatable bonds is 9. The van der Waals surface area contributed by atoms with Gasteiger partial charge in [0.25, 0.3) is 7.52 Å². The van der Waals surface area contributed by atoms with Gasteiger partial charge in [-0.3, -0.25) is 4.57 Å². The number of morpholine rings is 1. The molecule has 0 aromatic rings. The molecule has 0 saturated carbocycles. The van der Waals surface area contributed by atoms with Crippen molar-refractivity contribution in [3.63, 3.8) is 0 Å². The maximum atomic E-state index is 12.8. The Hall–Kier alpha value is 0.0700. The van der Waals surface area contributed by atoms with Crippen molar-refractivity contribution in [2.75, 3.05) is 45.6 Å². The van der Waals surface area contributed by atoms with Crippen molar-refractivity contribution in [2.45, 2.75) is 32.6 Å².